The van der Waals surface area contributed by atoms with Gasteiger partial charge in [-0.15, -0.1) is 0 Å². The second-order valence-corrected chi connectivity index (χ2v) is 5.26. The van der Waals surface area contributed by atoms with Gasteiger partial charge in [-0.2, -0.15) is 15.0 Å². The van der Waals surface area contributed by atoms with Crippen molar-refractivity contribution in [3.05, 3.63) is 18.7 Å². The number of nitrogens with one attached hydrogen (secondary N) is 1. The molecule has 1 fully saturated rings. The molecule has 21 heavy (non-hydrogen) atoms. The van der Waals surface area contributed by atoms with E-state index in [2.05, 4.69) is 37.2 Å². The lowest BCUT2D eigenvalue weighted by Crippen LogP contribution is -2.24. The standard InChI is InChI=1S/C13H20N8/c1-2-3-10-4-6-20(8-10)12-16-11(19-14)17-13(18-12)21-7-5-15-9-21/h5,7,9-10H,2-4,6,8,14H2,1H3,(H,16,17,18,19). The molecular formula is C13H20N8. The number of hydrazine groups is 1. The highest BCUT2D eigenvalue weighted by Crippen LogP contribution is 2.24. The lowest BCUT2D eigenvalue weighted by Gasteiger charge is -2.17. The highest BCUT2D eigenvalue weighted by Gasteiger charge is 2.24. The number of hydrogen-bond acceptors (Lipinski definition) is 7. The van der Waals surface area contributed by atoms with Gasteiger partial charge in [0.25, 0.3) is 0 Å². The Morgan fingerprint density at radius 3 is 2.90 bits per heavy atom. The second-order valence-electron chi connectivity index (χ2n) is 5.26. The van der Waals surface area contributed by atoms with Gasteiger partial charge in [0.05, 0.1) is 0 Å². The molecule has 112 valence electrons. The summed E-state index contributed by atoms with van der Waals surface area (Å²) in [5.74, 6) is 7.74. The van der Waals surface area contributed by atoms with Gasteiger partial charge in [-0.3, -0.25) is 9.99 Å². The predicted molar refractivity (Wildman–Crippen MR) is 80.0 cm³/mol. The van der Waals surface area contributed by atoms with E-state index in [0.717, 1.165) is 19.0 Å². The third kappa shape index (κ3) is 2.94. The van der Waals surface area contributed by atoms with Gasteiger partial charge < -0.3 is 4.90 Å². The number of anilines is 2. The first-order valence-electron chi connectivity index (χ1n) is 7.26. The minimum atomic E-state index is 0.364. The van der Waals surface area contributed by atoms with Crippen molar-refractivity contribution in [2.24, 2.45) is 11.8 Å². The fourth-order valence-electron chi connectivity index (χ4n) is 2.71. The fourth-order valence-corrected chi connectivity index (χ4v) is 2.71. The van der Waals surface area contributed by atoms with Crippen LogP contribution in [0, 0.1) is 5.92 Å². The van der Waals surface area contributed by atoms with E-state index >= 15 is 0 Å². The number of nitrogen functional groups attached to an aromatic ring is 1. The zero-order valence-corrected chi connectivity index (χ0v) is 12.1. The van der Waals surface area contributed by atoms with E-state index in [1.54, 1.807) is 23.3 Å². The maximum absolute atomic E-state index is 5.47. The first kappa shape index (κ1) is 13.7. The number of hydrogen-bond donors (Lipinski definition) is 2. The Bertz CT molecular complexity index is 582. The molecule has 1 atom stereocenters. The van der Waals surface area contributed by atoms with Gasteiger partial charge in [-0.05, 0) is 18.8 Å². The second kappa shape index (κ2) is 6.04. The van der Waals surface area contributed by atoms with Crippen LogP contribution in [0.15, 0.2) is 18.7 Å². The molecule has 3 rings (SSSR count). The average Bonchev–Trinajstić information content (AvgIpc) is 3.18. The summed E-state index contributed by atoms with van der Waals surface area (Å²) in [6.07, 6.45) is 8.79. The molecule has 0 aliphatic carbocycles. The van der Waals surface area contributed by atoms with E-state index in [-0.39, 0.29) is 0 Å². The van der Waals surface area contributed by atoms with E-state index in [1.165, 1.54) is 19.3 Å². The Hall–Kier alpha value is -2.22. The quantitative estimate of drug-likeness (QED) is 0.625. The van der Waals surface area contributed by atoms with E-state index in [1.807, 2.05) is 0 Å². The minimum Gasteiger partial charge on any atom is -0.340 e. The first-order valence-corrected chi connectivity index (χ1v) is 7.26. The third-order valence-electron chi connectivity index (χ3n) is 3.74. The number of aromatic nitrogens is 5. The van der Waals surface area contributed by atoms with Crippen LogP contribution in [-0.2, 0) is 0 Å². The largest absolute Gasteiger partial charge is 0.340 e. The molecule has 0 radical (unpaired) electrons. The molecule has 8 heteroatoms. The molecule has 0 spiro atoms. The van der Waals surface area contributed by atoms with Crippen LogP contribution in [0.3, 0.4) is 0 Å². The summed E-state index contributed by atoms with van der Waals surface area (Å²) in [4.78, 5) is 19.4. The molecule has 2 aromatic heterocycles. The van der Waals surface area contributed by atoms with Crippen LogP contribution in [0.4, 0.5) is 11.9 Å². The van der Waals surface area contributed by atoms with Crippen molar-refractivity contribution in [3.8, 4) is 5.95 Å². The van der Waals surface area contributed by atoms with E-state index in [4.69, 9.17) is 5.84 Å². The zero-order chi connectivity index (χ0) is 14.7. The Balaban J connectivity index is 1.87. The lowest BCUT2D eigenvalue weighted by atomic mass is 10.0. The van der Waals surface area contributed by atoms with Gasteiger partial charge >= 0.3 is 0 Å². The molecule has 1 unspecified atom stereocenters. The molecule has 1 aliphatic heterocycles. The SMILES string of the molecule is CCCC1CCN(c2nc(NN)nc(-n3ccnc3)n2)C1. The molecule has 3 heterocycles. The maximum atomic E-state index is 5.47. The van der Waals surface area contributed by atoms with Crippen molar-refractivity contribution in [2.75, 3.05) is 23.4 Å². The first-order chi connectivity index (χ1) is 10.3. The molecule has 8 nitrogen and oxygen atoms in total. The third-order valence-corrected chi connectivity index (χ3v) is 3.74. The van der Waals surface area contributed by atoms with E-state index in [9.17, 15) is 0 Å². The summed E-state index contributed by atoms with van der Waals surface area (Å²) >= 11 is 0. The maximum Gasteiger partial charge on any atom is 0.243 e. The average molecular weight is 288 g/mol. The van der Waals surface area contributed by atoms with Crippen molar-refractivity contribution in [1.82, 2.24) is 24.5 Å². The molecule has 1 saturated heterocycles. The molecule has 2 aromatic rings. The number of rotatable bonds is 5. The highest BCUT2D eigenvalue weighted by atomic mass is 15.4. The fraction of sp³-hybridized carbons (Fsp3) is 0.538. The Morgan fingerprint density at radius 1 is 1.33 bits per heavy atom. The molecule has 0 saturated carbocycles. The number of imidazole rings is 1. The van der Waals surface area contributed by atoms with Crippen LogP contribution in [0.1, 0.15) is 26.2 Å². The van der Waals surface area contributed by atoms with Gasteiger partial charge in [0.1, 0.15) is 6.33 Å². The van der Waals surface area contributed by atoms with Gasteiger partial charge in [0.15, 0.2) is 0 Å². The van der Waals surface area contributed by atoms with Crippen LogP contribution in [0.25, 0.3) is 5.95 Å². The summed E-state index contributed by atoms with van der Waals surface area (Å²) in [6, 6.07) is 0. The Labute approximate surface area is 123 Å². The molecule has 0 amide bonds. The van der Waals surface area contributed by atoms with Crippen molar-refractivity contribution >= 4 is 11.9 Å². The van der Waals surface area contributed by atoms with Gasteiger partial charge in [0.2, 0.25) is 17.8 Å². The van der Waals surface area contributed by atoms with Gasteiger partial charge in [-0.1, -0.05) is 13.3 Å². The number of nitrogens with two attached hydrogens (primary N) is 1. The summed E-state index contributed by atoms with van der Waals surface area (Å²) in [7, 11) is 0. The molecule has 0 bridgehead atoms. The summed E-state index contributed by atoms with van der Waals surface area (Å²) in [5, 5.41) is 0. The predicted octanol–water partition coefficient (Wildman–Crippen LogP) is 0.969. The molecule has 1 aliphatic rings. The van der Waals surface area contributed by atoms with Crippen LogP contribution in [0.5, 0.6) is 0 Å². The van der Waals surface area contributed by atoms with Crippen LogP contribution in [-0.4, -0.2) is 37.6 Å². The van der Waals surface area contributed by atoms with Crippen molar-refractivity contribution < 1.29 is 0 Å². The van der Waals surface area contributed by atoms with Gasteiger partial charge in [-0.25, -0.2) is 10.8 Å². The van der Waals surface area contributed by atoms with Gasteiger partial charge in [0, 0.05) is 25.5 Å². The van der Waals surface area contributed by atoms with E-state index < -0.39 is 0 Å². The van der Waals surface area contributed by atoms with Crippen LogP contribution >= 0.6 is 0 Å². The van der Waals surface area contributed by atoms with Crippen LogP contribution < -0.4 is 16.2 Å². The van der Waals surface area contributed by atoms with Crippen molar-refractivity contribution in [2.45, 2.75) is 26.2 Å². The van der Waals surface area contributed by atoms with Crippen LogP contribution in [0.2, 0.25) is 0 Å². The Kier molecular flexibility index (Phi) is 3.96. The molecule has 0 aromatic carbocycles. The highest BCUT2D eigenvalue weighted by molar-refractivity contribution is 5.40. The molecule has 3 N–H and O–H groups in total. The molecular weight excluding hydrogens is 268 g/mol. The summed E-state index contributed by atoms with van der Waals surface area (Å²) in [6.45, 7) is 4.19. The van der Waals surface area contributed by atoms with Crippen molar-refractivity contribution in [3.63, 3.8) is 0 Å². The van der Waals surface area contributed by atoms with Crippen molar-refractivity contribution in [1.29, 1.82) is 0 Å². The monoisotopic (exact) mass is 288 g/mol. The summed E-state index contributed by atoms with van der Waals surface area (Å²) in [5.41, 5.74) is 2.51. The lowest BCUT2D eigenvalue weighted by molar-refractivity contribution is 0.529. The summed E-state index contributed by atoms with van der Waals surface area (Å²) < 4.78 is 1.74. The Morgan fingerprint density at radius 2 is 2.19 bits per heavy atom. The van der Waals surface area contributed by atoms with E-state index in [0.29, 0.717) is 17.8 Å². The zero-order valence-electron chi connectivity index (χ0n) is 12.1. The normalized spacial score (nSPS) is 18.2. The topological polar surface area (TPSA) is 97.8 Å². The minimum absolute atomic E-state index is 0.364. The smallest absolute Gasteiger partial charge is 0.243 e. The number of nitrogens with zero attached hydrogens (tertiary/aromatic N) is 6.